The normalized spacial score (nSPS) is 19.1. The summed E-state index contributed by atoms with van der Waals surface area (Å²) >= 11 is 0. The van der Waals surface area contributed by atoms with E-state index in [4.69, 9.17) is 9.47 Å². The summed E-state index contributed by atoms with van der Waals surface area (Å²) in [6.07, 6.45) is 2.90. The predicted molar refractivity (Wildman–Crippen MR) is 222 cm³/mol. The first-order valence-corrected chi connectivity index (χ1v) is 20.3. The van der Waals surface area contributed by atoms with E-state index in [0.29, 0.717) is 68.6 Å². The maximum absolute atomic E-state index is 14.9. The maximum Gasteiger partial charge on any atom is 0.410 e. The summed E-state index contributed by atoms with van der Waals surface area (Å²) in [5.74, 6) is -0.198. The van der Waals surface area contributed by atoms with Crippen molar-refractivity contribution in [3.8, 4) is 17.0 Å². The number of anilines is 1. The second kappa shape index (κ2) is 16.2. The number of nitrogens with one attached hydrogen (secondary N) is 1. The van der Waals surface area contributed by atoms with Gasteiger partial charge in [-0.05, 0) is 138 Å². The molecule has 3 aromatic carbocycles. The van der Waals surface area contributed by atoms with Crippen LogP contribution in [-0.2, 0) is 42.5 Å². The molecule has 0 unspecified atom stereocenters. The van der Waals surface area contributed by atoms with Crippen molar-refractivity contribution < 1.29 is 33.8 Å². The number of benzene rings is 3. The first kappa shape index (κ1) is 40.4. The number of hydrogen-bond donors (Lipinski definition) is 2. The van der Waals surface area contributed by atoms with Crippen molar-refractivity contribution in [2.45, 2.75) is 110 Å². The van der Waals surface area contributed by atoms with Gasteiger partial charge < -0.3 is 39.2 Å². The van der Waals surface area contributed by atoms with Crippen LogP contribution in [0.25, 0.3) is 11.3 Å². The summed E-state index contributed by atoms with van der Waals surface area (Å²) in [7, 11) is 3.62. The van der Waals surface area contributed by atoms with Crippen molar-refractivity contribution in [2.75, 3.05) is 18.5 Å². The number of amides is 4. The minimum Gasteiger partial charge on any atom is -0.508 e. The number of hydrogen-bond acceptors (Lipinski definition) is 7. The molecule has 3 aliphatic rings. The monoisotopic (exact) mass is 789 g/mol. The van der Waals surface area contributed by atoms with E-state index in [-0.39, 0.29) is 41.8 Å². The summed E-state index contributed by atoms with van der Waals surface area (Å²) in [4.78, 5) is 59.9. The van der Waals surface area contributed by atoms with Gasteiger partial charge in [-0.1, -0.05) is 24.3 Å². The molecule has 0 saturated heterocycles. The fourth-order valence-electron chi connectivity index (χ4n) is 8.42. The van der Waals surface area contributed by atoms with Crippen LogP contribution in [0, 0.1) is 6.92 Å². The second-order valence-corrected chi connectivity index (χ2v) is 17.1. The first-order chi connectivity index (χ1) is 27.6. The van der Waals surface area contributed by atoms with Crippen LogP contribution < -0.4 is 10.2 Å². The molecule has 4 amide bonds. The molecule has 1 aromatic heterocycles. The lowest BCUT2D eigenvalue weighted by Crippen LogP contribution is -2.43. The molecule has 2 N–H and O–H groups in total. The van der Waals surface area contributed by atoms with Crippen molar-refractivity contribution in [3.05, 3.63) is 106 Å². The number of carbonyl (C=O) groups excluding carboxylic acids is 4. The molecule has 0 bridgehead atoms. The summed E-state index contributed by atoms with van der Waals surface area (Å²) in [5.41, 5.74) is 7.62. The van der Waals surface area contributed by atoms with Crippen molar-refractivity contribution in [1.82, 2.24) is 19.7 Å². The van der Waals surface area contributed by atoms with Gasteiger partial charge in [0, 0.05) is 74.0 Å². The molecular formula is C46H55N5O7. The highest BCUT2D eigenvalue weighted by molar-refractivity contribution is 6.08. The smallest absolute Gasteiger partial charge is 0.410 e. The van der Waals surface area contributed by atoms with E-state index in [1.54, 1.807) is 41.1 Å². The third-order valence-corrected chi connectivity index (χ3v) is 11.9. The number of aromatic hydroxyl groups is 1. The van der Waals surface area contributed by atoms with Crippen LogP contribution in [0.2, 0.25) is 0 Å². The van der Waals surface area contributed by atoms with Crippen molar-refractivity contribution in [1.29, 1.82) is 0 Å². The van der Waals surface area contributed by atoms with Crippen molar-refractivity contribution in [3.63, 3.8) is 0 Å². The van der Waals surface area contributed by atoms with E-state index in [0.717, 1.165) is 40.1 Å². The Kier molecular flexibility index (Phi) is 11.3. The molecule has 1 saturated carbocycles. The molecule has 306 valence electrons. The van der Waals surface area contributed by atoms with Crippen LogP contribution in [0.1, 0.15) is 102 Å². The average Bonchev–Trinajstić information content (AvgIpc) is 3.49. The predicted octanol–water partition coefficient (Wildman–Crippen LogP) is 7.90. The number of fused-ring (bicyclic) bond motifs is 2. The highest BCUT2D eigenvalue weighted by atomic mass is 16.6. The lowest BCUT2D eigenvalue weighted by atomic mass is 9.90. The molecule has 7 rings (SSSR count). The molecular weight excluding hydrogens is 735 g/mol. The number of phenols is 1. The Morgan fingerprint density at radius 1 is 0.862 bits per heavy atom. The van der Waals surface area contributed by atoms with Gasteiger partial charge in [-0.2, -0.15) is 0 Å². The van der Waals surface area contributed by atoms with E-state index in [2.05, 4.69) is 30.4 Å². The van der Waals surface area contributed by atoms with Crippen molar-refractivity contribution in [2.24, 2.45) is 7.05 Å². The number of ether oxygens (including phenoxy) is 2. The van der Waals surface area contributed by atoms with Gasteiger partial charge >= 0.3 is 12.2 Å². The minimum atomic E-state index is -0.574. The summed E-state index contributed by atoms with van der Waals surface area (Å²) in [6.45, 7) is 10.7. The Labute approximate surface area is 340 Å². The van der Waals surface area contributed by atoms with Gasteiger partial charge in [0.1, 0.15) is 17.5 Å². The molecule has 0 radical (unpaired) electrons. The molecule has 0 spiro atoms. The van der Waals surface area contributed by atoms with Crippen LogP contribution in [-0.4, -0.2) is 80.9 Å². The number of nitrogens with zero attached hydrogens (tertiary/aromatic N) is 4. The summed E-state index contributed by atoms with van der Waals surface area (Å²) < 4.78 is 13.4. The SMILES string of the molecule is Cc1c(C(=O)N(C)c2ccc(O)cc2)cc(-c2cc3c(cc2C(=O)N2Cc4ccccc4C[C@H]2C)CN(C(=O)OC2CCC(NC(=O)OC(C)(C)C)CC2)CC3)n1C. The molecule has 12 heteroatoms. The van der Waals surface area contributed by atoms with E-state index >= 15 is 0 Å². The van der Waals surface area contributed by atoms with Gasteiger partial charge in [0.15, 0.2) is 0 Å². The van der Waals surface area contributed by atoms with Gasteiger partial charge in [-0.3, -0.25) is 9.59 Å². The molecule has 58 heavy (non-hydrogen) atoms. The molecule has 1 atom stereocenters. The van der Waals surface area contributed by atoms with Crippen LogP contribution >= 0.6 is 0 Å². The van der Waals surface area contributed by atoms with E-state index in [1.165, 1.54) is 5.56 Å². The molecule has 2 aliphatic heterocycles. The lowest BCUT2D eigenvalue weighted by Gasteiger charge is -2.36. The largest absolute Gasteiger partial charge is 0.508 e. The molecule has 1 aliphatic carbocycles. The zero-order chi connectivity index (χ0) is 41.5. The Balaban J connectivity index is 1.14. The van der Waals surface area contributed by atoms with Gasteiger partial charge in [0.05, 0.1) is 5.56 Å². The number of carbonyl (C=O) groups is 4. The Morgan fingerprint density at radius 2 is 1.55 bits per heavy atom. The topological polar surface area (TPSA) is 134 Å². The maximum atomic E-state index is 14.9. The zero-order valence-electron chi connectivity index (χ0n) is 34.6. The highest BCUT2D eigenvalue weighted by Gasteiger charge is 2.34. The molecule has 12 nitrogen and oxygen atoms in total. The third kappa shape index (κ3) is 8.56. The fraction of sp³-hybridized carbons (Fsp3) is 0.435. The Bertz CT molecular complexity index is 2210. The van der Waals surface area contributed by atoms with E-state index < -0.39 is 11.7 Å². The second-order valence-electron chi connectivity index (χ2n) is 17.1. The van der Waals surface area contributed by atoms with Gasteiger partial charge in [0.25, 0.3) is 11.8 Å². The standard InChI is InChI=1S/C46H55N5O7/c1-28-22-30-10-8-9-11-32(30)27-51(28)43(54)40-24-33-26-50(45(56)57-37-18-12-34(13-19-37)47-44(55)58-46(3,4)5)21-20-31(33)23-39(40)41-25-38(29(2)48(41)6)42(53)49(7)35-14-16-36(52)17-15-35/h8-11,14-17,23-25,28,34,37,52H,12-13,18-22,26-27H2,1-7H3,(H,47,55)/t28-,34?,37?/m1/s1. The molecule has 3 heterocycles. The van der Waals surface area contributed by atoms with Crippen molar-refractivity contribution >= 4 is 29.7 Å². The van der Waals surface area contributed by atoms with Crippen LogP contribution in [0.5, 0.6) is 5.75 Å². The lowest BCUT2D eigenvalue weighted by molar-refractivity contribution is 0.0311. The summed E-state index contributed by atoms with van der Waals surface area (Å²) in [6, 6.07) is 20.5. The van der Waals surface area contributed by atoms with Gasteiger partial charge in [-0.25, -0.2) is 9.59 Å². The van der Waals surface area contributed by atoms with Crippen LogP contribution in [0.3, 0.4) is 0 Å². The summed E-state index contributed by atoms with van der Waals surface area (Å²) in [5, 5.41) is 12.7. The minimum absolute atomic E-state index is 0.0321. The van der Waals surface area contributed by atoms with E-state index in [9.17, 15) is 24.3 Å². The number of aromatic nitrogens is 1. The quantitative estimate of drug-likeness (QED) is 0.203. The number of alkyl carbamates (subject to hydrolysis) is 1. The van der Waals surface area contributed by atoms with Gasteiger partial charge in [-0.15, -0.1) is 0 Å². The highest BCUT2D eigenvalue weighted by Crippen LogP contribution is 2.36. The van der Waals surface area contributed by atoms with Crippen LogP contribution in [0.15, 0.2) is 66.7 Å². The number of phenolic OH excluding ortho intramolecular Hbond substituents is 1. The first-order valence-electron chi connectivity index (χ1n) is 20.3. The fourth-order valence-corrected chi connectivity index (χ4v) is 8.42. The average molecular weight is 790 g/mol. The molecule has 4 aromatic rings. The molecule has 1 fully saturated rings. The zero-order valence-corrected chi connectivity index (χ0v) is 34.6. The van der Waals surface area contributed by atoms with Crippen LogP contribution in [0.4, 0.5) is 15.3 Å². The van der Waals surface area contributed by atoms with Gasteiger partial charge in [0.2, 0.25) is 0 Å². The third-order valence-electron chi connectivity index (χ3n) is 11.9. The Hall–Kier alpha value is -5.78. The van der Waals surface area contributed by atoms with E-state index in [1.807, 2.05) is 68.5 Å². The number of rotatable bonds is 6. The Morgan fingerprint density at radius 3 is 2.24 bits per heavy atom.